The van der Waals surface area contributed by atoms with Crippen LogP contribution in [-0.2, 0) is 0 Å². The molecule has 1 aliphatic rings. The third kappa shape index (κ3) is 2.58. The lowest BCUT2D eigenvalue weighted by molar-refractivity contribution is 1.02. The summed E-state index contributed by atoms with van der Waals surface area (Å²) in [6.07, 6.45) is 0.665. The molecule has 0 fully saturated rings. The van der Waals surface area contributed by atoms with E-state index in [2.05, 4.69) is 9.98 Å². The highest BCUT2D eigenvalue weighted by Gasteiger charge is 2.14. The molecule has 100 valence electrons. The second-order valence-electron chi connectivity index (χ2n) is 4.61. The van der Waals surface area contributed by atoms with Crippen LogP contribution in [0.3, 0.4) is 0 Å². The van der Waals surface area contributed by atoms with Gasteiger partial charge < -0.3 is 5.73 Å². The van der Waals surface area contributed by atoms with E-state index in [1.165, 1.54) is 0 Å². The lowest BCUT2D eigenvalue weighted by atomic mass is 10.00. The Morgan fingerprint density at radius 3 is 2.65 bits per heavy atom. The summed E-state index contributed by atoms with van der Waals surface area (Å²) < 4.78 is 0. The van der Waals surface area contributed by atoms with Crippen LogP contribution in [0, 0.1) is 0 Å². The summed E-state index contributed by atoms with van der Waals surface area (Å²) in [5.74, 6) is 0.601. The maximum atomic E-state index is 6.13. The second-order valence-corrected chi connectivity index (χ2v) is 5.05. The van der Waals surface area contributed by atoms with Gasteiger partial charge >= 0.3 is 0 Å². The molecule has 3 nitrogen and oxygen atoms in total. The SMILES string of the molecule is N/C1=N/c2ccc(Cl)cc2/C(c2ccccc2)=N\CC1. The number of fused-ring (bicyclic) bond motifs is 1. The van der Waals surface area contributed by atoms with Crippen LogP contribution < -0.4 is 5.73 Å². The molecular weight excluding hydrogens is 270 g/mol. The quantitative estimate of drug-likeness (QED) is 0.854. The largest absolute Gasteiger partial charge is 0.387 e. The first-order chi connectivity index (χ1) is 9.74. The van der Waals surface area contributed by atoms with Gasteiger partial charge in [0.15, 0.2) is 0 Å². The number of benzene rings is 2. The van der Waals surface area contributed by atoms with Crippen molar-refractivity contribution in [2.24, 2.45) is 15.7 Å². The van der Waals surface area contributed by atoms with E-state index in [0.717, 1.165) is 22.5 Å². The van der Waals surface area contributed by atoms with Crippen molar-refractivity contribution in [1.29, 1.82) is 0 Å². The second kappa shape index (κ2) is 5.47. The molecule has 0 atom stereocenters. The van der Waals surface area contributed by atoms with Gasteiger partial charge in [-0.25, -0.2) is 4.99 Å². The van der Waals surface area contributed by atoms with Crippen LogP contribution in [0.1, 0.15) is 17.5 Å². The number of halogens is 1. The van der Waals surface area contributed by atoms with Crippen LogP contribution in [0.15, 0.2) is 58.5 Å². The highest BCUT2D eigenvalue weighted by atomic mass is 35.5. The summed E-state index contributed by atoms with van der Waals surface area (Å²) in [6.45, 7) is 0.630. The zero-order chi connectivity index (χ0) is 13.9. The molecular formula is C16H14ClN3. The van der Waals surface area contributed by atoms with E-state index in [1.54, 1.807) is 0 Å². The first-order valence-electron chi connectivity index (χ1n) is 6.47. The van der Waals surface area contributed by atoms with Gasteiger partial charge in [0.05, 0.1) is 11.4 Å². The van der Waals surface area contributed by atoms with Crippen molar-refractivity contribution >= 4 is 28.8 Å². The number of aliphatic imine (C=N–C) groups is 2. The number of rotatable bonds is 1. The molecule has 0 radical (unpaired) electrons. The molecule has 0 unspecified atom stereocenters. The Labute approximate surface area is 122 Å². The fourth-order valence-electron chi connectivity index (χ4n) is 2.22. The van der Waals surface area contributed by atoms with Gasteiger partial charge in [0.25, 0.3) is 0 Å². The average Bonchev–Trinajstić information content (AvgIpc) is 2.45. The van der Waals surface area contributed by atoms with Crippen LogP contribution >= 0.6 is 11.6 Å². The lowest BCUT2D eigenvalue weighted by Gasteiger charge is -2.14. The van der Waals surface area contributed by atoms with E-state index in [0.29, 0.717) is 23.8 Å². The van der Waals surface area contributed by atoms with Crippen molar-refractivity contribution < 1.29 is 0 Å². The summed E-state index contributed by atoms with van der Waals surface area (Å²) in [5, 5.41) is 0.668. The predicted molar refractivity (Wildman–Crippen MR) is 84.3 cm³/mol. The zero-order valence-corrected chi connectivity index (χ0v) is 11.6. The van der Waals surface area contributed by atoms with Gasteiger partial charge in [-0.15, -0.1) is 0 Å². The maximum absolute atomic E-state index is 6.13. The number of amidine groups is 1. The van der Waals surface area contributed by atoms with E-state index in [-0.39, 0.29) is 0 Å². The van der Waals surface area contributed by atoms with Gasteiger partial charge in [-0.1, -0.05) is 41.9 Å². The van der Waals surface area contributed by atoms with Gasteiger partial charge in [0, 0.05) is 29.1 Å². The molecule has 1 heterocycles. The molecule has 2 aromatic rings. The Morgan fingerprint density at radius 2 is 1.85 bits per heavy atom. The van der Waals surface area contributed by atoms with E-state index in [1.807, 2.05) is 48.5 Å². The fraction of sp³-hybridized carbons (Fsp3) is 0.125. The average molecular weight is 284 g/mol. The number of hydrogen-bond acceptors (Lipinski definition) is 3. The Bertz CT molecular complexity index is 690. The first kappa shape index (κ1) is 12.9. The minimum Gasteiger partial charge on any atom is -0.387 e. The monoisotopic (exact) mass is 283 g/mol. The van der Waals surface area contributed by atoms with Gasteiger partial charge in [0.1, 0.15) is 5.84 Å². The van der Waals surface area contributed by atoms with Crippen molar-refractivity contribution in [2.45, 2.75) is 6.42 Å². The maximum Gasteiger partial charge on any atom is 0.101 e. The Balaban J connectivity index is 2.20. The van der Waals surface area contributed by atoms with E-state index >= 15 is 0 Å². The van der Waals surface area contributed by atoms with Gasteiger partial charge in [-0.3, -0.25) is 4.99 Å². The number of hydrogen-bond donors (Lipinski definition) is 1. The summed E-state index contributed by atoms with van der Waals surface area (Å²) in [7, 11) is 0. The molecule has 0 aliphatic carbocycles. The normalized spacial score (nSPS) is 19.9. The molecule has 2 N–H and O–H groups in total. The lowest BCUT2D eigenvalue weighted by Crippen LogP contribution is -2.16. The van der Waals surface area contributed by atoms with Gasteiger partial charge in [-0.2, -0.15) is 0 Å². The van der Waals surface area contributed by atoms with Crippen molar-refractivity contribution in [2.75, 3.05) is 6.54 Å². The Kier molecular flexibility index (Phi) is 3.52. The minimum absolute atomic E-state index is 0.601. The van der Waals surface area contributed by atoms with Crippen molar-refractivity contribution in [3.63, 3.8) is 0 Å². The van der Waals surface area contributed by atoms with Crippen molar-refractivity contribution in [3.8, 4) is 0 Å². The smallest absolute Gasteiger partial charge is 0.101 e. The van der Waals surface area contributed by atoms with E-state index in [4.69, 9.17) is 17.3 Å². The Morgan fingerprint density at radius 1 is 1.05 bits per heavy atom. The van der Waals surface area contributed by atoms with Crippen LogP contribution in [0.5, 0.6) is 0 Å². The van der Waals surface area contributed by atoms with E-state index in [9.17, 15) is 0 Å². The predicted octanol–water partition coefficient (Wildman–Crippen LogP) is 3.57. The summed E-state index contributed by atoms with van der Waals surface area (Å²) in [4.78, 5) is 9.15. The summed E-state index contributed by atoms with van der Waals surface area (Å²) >= 11 is 6.13. The van der Waals surface area contributed by atoms with Crippen LogP contribution in [0.2, 0.25) is 5.02 Å². The van der Waals surface area contributed by atoms with Crippen LogP contribution in [0.25, 0.3) is 0 Å². The van der Waals surface area contributed by atoms with Gasteiger partial charge in [0.2, 0.25) is 0 Å². The third-order valence-electron chi connectivity index (χ3n) is 3.16. The summed E-state index contributed by atoms with van der Waals surface area (Å²) in [6, 6.07) is 15.7. The summed E-state index contributed by atoms with van der Waals surface area (Å²) in [5.41, 5.74) is 9.60. The van der Waals surface area contributed by atoms with E-state index < -0.39 is 0 Å². The molecule has 20 heavy (non-hydrogen) atoms. The molecule has 4 heteroatoms. The highest BCUT2D eigenvalue weighted by Crippen LogP contribution is 2.27. The molecule has 0 amide bonds. The van der Waals surface area contributed by atoms with Crippen molar-refractivity contribution in [3.05, 3.63) is 64.7 Å². The topological polar surface area (TPSA) is 50.7 Å². The molecule has 0 aromatic heterocycles. The van der Waals surface area contributed by atoms with Crippen LogP contribution in [-0.4, -0.2) is 18.1 Å². The zero-order valence-electron chi connectivity index (χ0n) is 10.9. The number of nitrogens with two attached hydrogens (primary N) is 1. The molecule has 3 rings (SSSR count). The molecule has 0 spiro atoms. The number of nitrogens with zero attached hydrogens (tertiary/aromatic N) is 2. The third-order valence-corrected chi connectivity index (χ3v) is 3.40. The molecule has 0 saturated carbocycles. The van der Waals surface area contributed by atoms with Gasteiger partial charge in [-0.05, 0) is 18.2 Å². The van der Waals surface area contributed by atoms with Crippen LogP contribution in [0.4, 0.5) is 5.69 Å². The molecule has 0 bridgehead atoms. The Hall–Kier alpha value is -2.13. The van der Waals surface area contributed by atoms with Crippen molar-refractivity contribution in [1.82, 2.24) is 0 Å². The fourth-order valence-corrected chi connectivity index (χ4v) is 2.39. The standard InChI is InChI=1S/C16H14ClN3/c17-12-6-7-14-13(10-12)16(11-4-2-1-3-5-11)19-9-8-15(18)20-14/h1-7,10H,8-9H2,(H2,18,20)/b19-16-. The molecule has 1 aliphatic heterocycles. The molecule has 2 aromatic carbocycles. The minimum atomic E-state index is 0.601. The first-order valence-corrected chi connectivity index (χ1v) is 6.84. The highest BCUT2D eigenvalue weighted by molar-refractivity contribution is 6.31. The molecule has 0 saturated heterocycles.